The fourth-order valence-corrected chi connectivity index (χ4v) is 4.16. The average molecular weight is 419 g/mol. The third-order valence-electron chi connectivity index (χ3n) is 4.82. The SMILES string of the molecule is COc1ccc2c(c1)CCCN2C(=O)[C@@H](N)Cc1c(C)cc(O)cc1Br. The Morgan fingerprint density at radius 1 is 1.38 bits per heavy atom. The number of aromatic hydroxyl groups is 1. The van der Waals surface area contributed by atoms with Crippen molar-refractivity contribution in [3.63, 3.8) is 0 Å². The van der Waals surface area contributed by atoms with Crippen LogP contribution >= 0.6 is 15.9 Å². The lowest BCUT2D eigenvalue weighted by atomic mass is 9.97. The molecule has 2 aromatic carbocycles. The van der Waals surface area contributed by atoms with Crippen molar-refractivity contribution >= 4 is 27.5 Å². The van der Waals surface area contributed by atoms with Gasteiger partial charge in [-0.1, -0.05) is 15.9 Å². The van der Waals surface area contributed by atoms with Gasteiger partial charge in [-0.15, -0.1) is 0 Å². The van der Waals surface area contributed by atoms with E-state index in [1.807, 2.05) is 25.1 Å². The Bertz CT molecular complexity index is 815. The number of fused-ring (bicyclic) bond motifs is 1. The summed E-state index contributed by atoms with van der Waals surface area (Å²) >= 11 is 3.46. The maximum atomic E-state index is 13.0. The summed E-state index contributed by atoms with van der Waals surface area (Å²) in [5, 5.41) is 9.67. The predicted octanol–water partition coefficient (Wildman–Crippen LogP) is 3.32. The van der Waals surface area contributed by atoms with E-state index < -0.39 is 6.04 Å². The second-order valence-electron chi connectivity index (χ2n) is 6.62. The van der Waals surface area contributed by atoms with Crippen LogP contribution in [0.5, 0.6) is 11.5 Å². The van der Waals surface area contributed by atoms with E-state index in [0.29, 0.717) is 13.0 Å². The van der Waals surface area contributed by atoms with Gasteiger partial charge in [-0.3, -0.25) is 4.79 Å². The Morgan fingerprint density at radius 2 is 2.15 bits per heavy atom. The Labute approximate surface area is 161 Å². The monoisotopic (exact) mass is 418 g/mol. The first-order valence-electron chi connectivity index (χ1n) is 8.62. The van der Waals surface area contributed by atoms with Crippen molar-refractivity contribution < 1.29 is 14.6 Å². The van der Waals surface area contributed by atoms with Crippen molar-refractivity contribution in [2.45, 2.75) is 32.2 Å². The zero-order valence-electron chi connectivity index (χ0n) is 15.0. The molecule has 1 amide bonds. The number of phenolic OH excluding ortho intramolecular Hbond substituents is 1. The Hall–Kier alpha value is -2.05. The lowest BCUT2D eigenvalue weighted by Crippen LogP contribution is -2.47. The Morgan fingerprint density at radius 3 is 2.85 bits per heavy atom. The molecule has 0 unspecified atom stereocenters. The molecule has 0 radical (unpaired) electrons. The minimum Gasteiger partial charge on any atom is -0.508 e. The number of methoxy groups -OCH3 is 1. The summed E-state index contributed by atoms with van der Waals surface area (Å²) in [7, 11) is 1.64. The molecule has 0 bridgehead atoms. The lowest BCUT2D eigenvalue weighted by molar-refractivity contribution is -0.119. The van der Waals surface area contributed by atoms with Gasteiger partial charge >= 0.3 is 0 Å². The first kappa shape index (κ1) is 18.7. The second kappa shape index (κ2) is 7.68. The molecule has 1 aliphatic rings. The second-order valence-corrected chi connectivity index (χ2v) is 7.48. The maximum absolute atomic E-state index is 13.0. The minimum atomic E-state index is -0.650. The summed E-state index contributed by atoms with van der Waals surface area (Å²) in [6.45, 7) is 2.57. The topological polar surface area (TPSA) is 75.8 Å². The van der Waals surface area contributed by atoms with Crippen molar-refractivity contribution in [3.05, 3.63) is 51.5 Å². The molecular weight excluding hydrogens is 396 g/mol. The molecule has 6 heteroatoms. The van der Waals surface area contributed by atoms with Gasteiger partial charge < -0.3 is 20.5 Å². The molecule has 0 spiro atoms. The summed E-state index contributed by atoms with van der Waals surface area (Å²) < 4.78 is 6.05. The molecule has 0 saturated heterocycles. The third-order valence-corrected chi connectivity index (χ3v) is 5.52. The van der Waals surface area contributed by atoms with Crippen molar-refractivity contribution in [1.29, 1.82) is 0 Å². The van der Waals surface area contributed by atoms with Crippen molar-refractivity contribution in [3.8, 4) is 11.5 Å². The molecule has 0 aliphatic carbocycles. The number of benzene rings is 2. The van der Waals surface area contributed by atoms with E-state index in [1.54, 1.807) is 24.1 Å². The average Bonchev–Trinajstić information content (AvgIpc) is 2.62. The van der Waals surface area contributed by atoms with E-state index in [0.717, 1.165) is 45.4 Å². The van der Waals surface area contributed by atoms with E-state index in [2.05, 4.69) is 15.9 Å². The van der Waals surface area contributed by atoms with Crippen LogP contribution in [0.1, 0.15) is 23.1 Å². The van der Waals surface area contributed by atoms with Gasteiger partial charge in [-0.25, -0.2) is 0 Å². The minimum absolute atomic E-state index is 0.0875. The zero-order valence-corrected chi connectivity index (χ0v) is 16.5. The standard InChI is InChI=1S/C20H23BrN2O3/c1-12-8-14(24)10-17(21)16(12)11-18(22)20(25)23-7-3-4-13-9-15(26-2)5-6-19(13)23/h5-6,8-10,18,24H,3-4,7,11,22H2,1-2H3/t18-/m0/s1. The first-order valence-corrected chi connectivity index (χ1v) is 9.42. The van der Waals surface area contributed by atoms with E-state index in [4.69, 9.17) is 10.5 Å². The van der Waals surface area contributed by atoms with Crippen LogP contribution < -0.4 is 15.4 Å². The number of carbonyl (C=O) groups is 1. The first-order chi connectivity index (χ1) is 12.4. The Balaban J connectivity index is 1.82. The van der Waals surface area contributed by atoms with E-state index in [-0.39, 0.29) is 11.7 Å². The summed E-state index contributed by atoms with van der Waals surface area (Å²) in [6, 6.07) is 8.45. The van der Waals surface area contributed by atoms with Gasteiger partial charge in [0, 0.05) is 16.7 Å². The number of nitrogens with two attached hydrogens (primary N) is 1. The van der Waals surface area contributed by atoms with Gasteiger partial charge in [0.15, 0.2) is 0 Å². The number of carbonyl (C=O) groups excluding carboxylic acids is 1. The van der Waals surface area contributed by atoms with Crippen LogP contribution in [0.2, 0.25) is 0 Å². The summed E-state index contributed by atoms with van der Waals surface area (Å²) in [4.78, 5) is 14.8. The summed E-state index contributed by atoms with van der Waals surface area (Å²) in [6.07, 6.45) is 2.24. The zero-order chi connectivity index (χ0) is 18.8. The van der Waals surface area contributed by atoms with Crippen LogP contribution in [-0.2, 0) is 17.6 Å². The third kappa shape index (κ3) is 3.71. The number of ether oxygens (including phenoxy) is 1. The molecule has 2 aromatic rings. The van der Waals surface area contributed by atoms with Crippen LogP contribution in [0.3, 0.4) is 0 Å². The van der Waals surface area contributed by atoms with Crippen molar-refractivity contribution in [1.82, 2.24) is 0 Å². The number of nitrogens with zero attached hydrogens (tertiary/aromatic N) is 1. The molecule has 1 heterocycles. The van der Waals surface area contributed by atoms with Crippen LogP contribution in [0, 0.1) is 6.92 Å². The molecule has 0 fully saturated rings. The van der Waals surface area contributed by atoms with Crippen LogP contribution in [0.4, 0.5) is 5.69 Å². The van der Waals surface area contributed by atoms with Gasteiger partial charge in [0.2, 0.25) is 5.91 Å². The smallest absolute Gasteiger partial charge is 0.244 e. The highest BCUT2D eigenvalue weighted by Crippen LogP contribution is 2.32. The van der Waals surface area contributed by atoms with Gasteiger partial charge in [0.05, 0.1) is 13.2 Å². The van der Waals surface area contributed by atoms with Crippen LogP contribution in [0.25, 0.3) is 0 Å². The molecule has 26 heavy (non-hydrogen) atoms. The molecule has 1 aliphatic heterocycles. The quantitative estimate of drug-likeness (QED) is 0.798. The fourth-order valence-electron chi connectivity index (χ4n) is 3.45. The normalized spacial score (nSPS) is 14.7. The maximum Gasteiger partial charge on any atom is 0.244 e. The Kier molecular flexibility index (Phi) is 5.53. The van der Waals surface area contributed by atoms with Gasteiger partial charge in [0.1, 0.15) is 11.5 Å². The van der Waals surface area contributed by atoms with Gasteiger partial charge in [-0.05, 0) is 73.2 Å². The summed E-state index contributed by atoms with van der Waals surface area (Å²) in [5.74, 6) is 0.901. The number of amides is 1. The van der Waals surface area contributed by atoms with E-state index in [9.17, 15) is 9.90 Å². The van der Waals surface area contributed by atoms with Crippen molar-refractivity contribution in [2.75, 3.05) is 18.6 Å². The number of phenols is 1. The van der Waals surface area contributed by atoms with E-state index >= 15 is 0 Å². The molecule has 138 valence electrons. The number of hydrogen-bond donors (Lipinski definition) is 2. The number of halogens is 1. The van der Waals surface area contributed by atoms with Crippen molar-refractivity contribution in [2.24, 2.45) is 5.73 Å². The van der Waals surface area contributed by atoms with Gasteiger partial charge in [-0.2, -0.15) is 0 Å². The highest BCUT2D eigenvalue weighted by atomic mass is 79.9. The molecule has 1 atom stereocenters. The van der Waals surface area contributed by atoms with Crippen LogP contribution in [0.15, 0.2) is 34.8 Å². The number of hydrogen-bond acceptors (Lipinski definition) is 4. The summed E-state index contributed by atoms with van der Waals surface area (Å²) in [5.41, 5.74) is 10.1. The highest BCUT2D eigenvalue weighted by Gasteiger charge is 2.27. The molecule has 0 aromatic heterocycles. The number of aryl methyl sites for hydroxylation is 2. The number of anilines is 1. The largest absolute Gasteiger partial charge is 0.508 e. The highest BCUT2D eigenvalue weighted by molar-refractivity contribution is 9.10. The predicted molar refractivity (Wildman–Crippen MR) is 106 cm³/mol. The molecule has 0 saturated carbocycles. The molecular formula is C20H23BrN2O3. The molecule has 3 N–H and O–H groups in total. The molecule has 3 rings (SSSR count). The fraction of sp³-hybridized carbons (Fsp3) is 0.350. The number of rotatable bonds is 4. The van der Waals surface area contributed by atoms with E-state index in [1.165, 1.54) is 0 Å². The lowest BCUT2D eigenvalue weighted by Gasteiger charge is -2.32. The molecule has 5 nitrogen and oxygen atoms in total. The van der Waals surface area contributed by atoms with Gasteiger partial charge in [0.25, 0.3) is 0 Å². The van der Waals surface area contributed by atoms with Crippen LogP contribution in [-0.4, -0.2) is 30.7 Å².